The Hall–Kier alpha value is -1.42. The highest BCUT2D eigenvalue weighted by Crippen LogP contribution is 2.10. The topological polar surface area (TPSA) is 24.6 Å². The summed E-state index contributed by atoms with van der Waals surface area (Å²) in [6.07, 6.45) is 2.97. The first-order chi connectivity index (χ1) is 8.03. The van der Waals surface area contributed by atoms with E-state index >= 15 is 0 Å². The van der Waals surface area contributed by atoms with E-state index in [1.54, 1.807) is 0 Å². The summed E-state index contributed by atoms with van der Waals surface area (Å²) in [7, 11) is -1.52. The normalized spacial score (nSPS) is 18.3. The third kappa shape index (κ3) is 3.82. The third-order valence-electron chi connectivity index (χ3n) is 2.32. The molecule has 1 aliphatic heterocycles. The molecular formula is C13H19N2OSi+. The van der Waals surface area contributed by atoms with Crippen molar-refractivity contribution in [2.75, 3.05) is 6.54 Å². The number of hydrogen-bond acceptors (Lipinski definition) is 2. The van der Waals surface area contributed by atoms with Crippen LogP contribution in [0.15, 0.2) is 35.4 Å². The lowest BCUT2D eigenvalue weighted by Gasteiger charge is -2.16. The Morgan fingerprint density at radius 2 is 1.94 bits per heavy atom. The first-order valence-electron chi connectivity index (χ1n) is 5.96. The standard InChI is InChI=1S/C13H19N2OSi/c1-17(2,3)16-13-9-10-15(14-13)11-12-7-5-4-6-8-12/h4-8,11H,9-10H2,1-3H3/q+1/b15-11+. The highest BCUT2D eigenvalue weighted by molar-refractivity contribution is 6.71. The van der Waals surface area contributed by atoms with Crippen molar-refractivity contribution in [3.63, 3.8) is 0 Å². The predicted molar refractivity (Wildman–Crippen MR) is 73.2 cm³/mol. The van der Waals surface area contributed by atoms with Crippen LogP contribution in [0.3, 0.4) is 0 Å². The molecule has 1 aromatic carbocycles. The average molecular weight is 247 g/mol. The molecule has 0 amide bonds. The zero-order valence-electron chi connectivity index (χ0n) is 10.7. The van der Waals surface area contributed by atoms with Gasteiger partial charge in [0.15, 0.2) is 6.54 Å². The Labute approximate surface area is 104 Å². The van der Waals surface area contributed by atoms with Crippen LogP contribution in [-0.4, -0.2) is 31.7 Å². The van der Waals surface area contributed by atoms with Gasteiger partial charge in [0.1, 0.15) is 0 Å². The minimum absolute atomic E-state index is 0.886. The van der Waals surface area contributed by atoms with Crippen molar-refractivity contribution in [1.82, 2.24) is 0 Å². The minimum Gasteiger partial charge on any atom is -0.530 e. The molecule has 0 unspecified atom stereocenters. The largest absolute Gasteiger partial charge is 0.530 e. The van der Waals surface area contributed by atoms with Crippen molar-refractivity contribution in [1.29, 1.82) is 0 Å². The van der Waals surface area contributed by atoms with Gasteiger partial charge in [-0.05, 0) is 31.8 Å². The summed E-state index contributed by atoms with van der Waals surface area (Å²) < 4.78 is 7.86. The zero-order valence-corrected chi connectivity index (χ0v) is 11.7. The average Bonchev–Trinajstić information content (AvgIpc) is 2.64. The molecule has 1 aliphatic rings. The van der Waals surface area contributed by atoms with E-state index in [-0.39, 0.29) is 0 Å². The lowest BCUT2D eigenvalue weighted by atomic mass is 10.2. The van der Waals surface area contributed by atoms with Crippen LogP contribution in [0.5, 0.6) is 0 Å². The van der Waals surface area contributed by atoms with Crippen LogP contribution in [0.1, 0.15) is 12.0 Å². The molecular weight excluding hydrogens is 228 g/mol. The highest BCUT2D eigenvalue weighted by atomic mass is 28.4. The fourth-order valence-electron chi connectivity index (χ4n) is 1.68. The Kier molecular flexibility index (Phi) is 3.42. The van der Waals surface area contributed by atoms with Gasteiger partial charge in [0.05, 0.1) is 6.42 Å². The van der Waals surface area contributed by atoms with E-state index in [4.69, 9.17) is 4.43 Å². The molecule has 0 fully saturated rings. The van der Waals surface area contributed by atoms with Crippen molar-refractivity contribution in [3.8, 4) is 0 Å². The molecule has 90 valence electrons. The first kappa shape index (κ1) is 12.0. The quantitative estimate of drug-likeness (QED) is 0.582. The van der Waals surface area contributed by atoms with Crippen LogP contribution < -0.4 is 0 Å². The highest BCUT2D eigenvalue weighted by Gasteiger charge is 2.25. The van der Waals surface area contributed by atoms with Gasteiger partial charge in [-0.25, -0.2) is 0 Å². The summed E-state index contributed by atoms with van der Waals surface area (Å²) in [5, 5.41) is 4.48. The maximum absolute atomic E-state index is 5.89. The number of rotatable bonds is 2. The predicted octanol–water partition coefficient (Wildman–Crippen LogP) is 2.69. The molecule has 0 aromatic heterocycles. The van der Waals surface area contributed by atoms with Crippen LogP contribution in [0.25, 0.3) is 0 Å². The minimum atomic E-state index is -1.52. The zero-order chi connectivity index (χ0) is 12.3. The van der Waals surface area contributed by atoms with Gasteiger partial charge in [-0.1, -0.05) is 22.9 Å². The van der Waals surface area contributed by atoms with Gasteiger partial charge in [-0.2, -0.15) is 0 Å². The van der Waals surface area contributed by atoms with Crippen molar-refractivity contribution >= 4 is 20.4 Å². The van der Waals surface area contributed by atoms with Gasteiger partial charge in [-0.3, -0.25) is 0 Å². The molecule has 4 heteroatoms. The molecule has 0 radical (unpaired) electrons. The molecule has 0 saturated carbocycles. The Morgan fingerprint density at radius 1 is 1.24 bits per heavy atom. The molecule has 0 N–H and O–H groups in total. The fraction of sp³-hybridized carbons (Fsp3) is 0.385. The second kappa shape index (κ2) is 4.83. The molecule has 0 saturated heterocycles. The summed E-state index contributed by atoms with van der Waals surface area (Å²) in [6, 6.07) is 10.2. The van der Waals surface area contributed by atoms with E-state index in [1.165, 1.54) is 5.56 Å². The van der Waals surface area contributed by atoms with E-state index in [9.17, 15) is 0 Å². The Balaban J connectivity index is 2.08. The van der Waals surface area contributed by atoms with Crippen LogP contribution in [0.2, 0.25) is 19.6 Å². The molecule has 0 spiro atoms. The van der Waals surface area contributed by atoms with Crippen molar-refractivity contribution in [3.05, 3.63) is 35.9 Å². The summed E-state index contributed by atoms with van der Waals surface area (Å²) in [6.45, 7) is 7.45. The summed E-state index contributed by atoms with van der Waals surface area (Å²) in [4.78, 5) is 0. The van der Waals surface area contributed by atoms with E-state index in [2.05, 4.69) is 43.1 Å². The SMILES string of the molecule is C[Si](C)(C)OC1=N/[N+](=C/c2ccccc2)CC1. The van der Waals surface area contributed by atoms with E-state index in [0.717, 1.165) is 18.9 Å². The molecule has 0 aliphatic carbocycles. The Bertz CT molecular complexity index is 446. The fourth-order valence-corrected chi connectivity index (χ4v) is 2.53. The summed E-state index contributed by atoms with van der Waals surface area (Å²) in [5.74, 6) is 0.886. The van der Waals surface area contributed by atoms with Crippen molar-refractivity contribution in [2.24, 2.45) is 5.10 Å². The molecule has 3 nitrogen and oxygen atoms in total. The molecule has 2 rings (SSSR count). The van der Waals surface area contributed by atoms with E-state index < -0.39 is 8.32 Å². The van der Waals surface area contributed by atoms with Crippen molar-refractivity contribution in [2.45, 2.75) is 26.1 Å². The molecule has 17 heavy (non-hydrogen) atoms. The second-order valence-corrected chi connectivity index (χ2v) is 9.59. The monoisotopic (exact) mass is 247 g/mol. The molecule has 1 heterocycles. The van der Waals surface area contributed by atoms with E-state index in [0.29, 0.717) is 0 Å². The summed E-state index contributed by atoms with van der Waals surface area (Å²) >= 11 is 0. The van der Waals surface area contributed by atoms with Gasteiger partial charge in [0, 0.05) is 10.7 Å². The van der Waals surface area contributed by atoms with E-state index in [1.807, 2.05) is 22.9 Å². The Morgan fingerprint density at radius 3 is 2.59 bits per heavy atom. The molecule has 1 aromatic rings. The van der Waals surface area contributed by atoms with Gasteiger partial charge in [0.2, 0.25) is 20.4 Å². The maximum Gasteiger partial charge on any atom is 0.247 e. The number of benzene rings is 1. The van der Waals surface area contributed by atoms with Gasteiger partial charge >= 0.3 is 0 Å². The lowest BCUT2D eigenvalue weighted by Crippen LogP contribution is -2.28. The second-order valence-electron chi connectivity index (χ2n) is 5.16. The number of nitrogens with zero attached hydrogens (tertiary/aromatic N) is 2. The number of hydrazone groups is 1. The van der Waals surface area contributed by atoms with Crippen LogP contribution in [-0.2, 0) is 4.43 Å². The van der Waals surface area contributed by atoms with Crippen molar-refractivity contribution < 1.29 is 9.11 Å². The van der Waals surface area contributed by atoms with Crippen LogP contribution in [0.4, 0.5) is 0 Å². The third-order valence-corrected chi connectivity index (χ3v) is 3.16. The smallest absolute Gasteiger partial charge is 0.247 e. The van der Waals surface area contributed by atoms with Gasteiger partial charge in [-0.15, -0.1) is 0 Å². The lowest BCUT2D eigenvalue weighted by molar-refractivity contribution is -0.518. The molecule has 0 bridgehead atoms. The van der Waals surface area contributed by atoms with Crippen LogP contribution >= 0.6 is 0 Å². The molecule has 0 atom stereocenters. The summed E-state index contributed by atoms with van der Waals surface area (Å²) in [5.41, 5.74) is 1.17. The maximum atomic E-state index is 5.89. The van der Waals surface area contributed by atoms with Gasteiger partial charge < -0.3 is 4.43 Å². The first-order valence-corrected chi connectivity index (χ1v) is 9.37. The van der Waals surface area contributed by atoms with Gasteiger partial charge in [0.25, 0.3) is 0 Å². The number of hydrogen-bond donors (Lipinski definition) is 0. The van der Waals surface area contributed by atoms with Crippen LogP contribution in [0, 0.1) is 0 Å².